The fraction of sp³-hybridized carbons (Fsp3) is 0.500. The fourth-order valence-corrected chi connectivity index (χ4v) is 3.68. The van der Waals surface area contributed by atoms with Crippen LogP contribution in [0.5, 0.6) is 0 Å². The highest BCUT2D eigenvalue weighted by molar-refractivity contribution is 9.10. The van der Waals surface area contributed by atoms with Crippen molar-refractivity contribution in [1.82, 2.24) is 5.32 Å². The van der Waals surface area contributed by atoms with Crippen molar-refractivity contribution in [2.45, 2.75) is 49.8 Å². The smallest absolute Gasteiger partial charge is 0.238 e. The predicted octanol–water partition coefficient (Wildman–Crippen LogP) is 2.50. The first kappa shape index (κ1) is 18.0. The van der Waals surface area contributed by atoms with Crippen molar-refractivity contribution in [3.05, 3.63) is 22.7 Å². The van der Waals surface area contributed by atoms with Gasteiger partial charge in [0, 0.05) is 10.5 Å². The second-order valence-corrected chi connectivity index (χ2v) is 8.04. The van der Waals surface area contributed by atoms with Gasteiger partial charge in [-0.05, 0) is 38.0 Å². The highest BCUT2D eigenvalue weighted by Crippen LogP contribution is 2.26. The van der Waals surface area contributed by atoms with E-state index in [-0.39, 0.29) is 16.6 Å². The van der Waals surface area contributed by atoms with Crippen molar-refractivity contribution in [3.8, 4) is 0 Å². The number of hydrogen-bond acceptors (Lipinski definition) is 4. The van der Waals surface area contributed by atoms with Crippen molar-refractivity contribution in [3.63, 3.8) is 0 Å². The number of nitrogens with one attached hydrogen (secondary N) is 1. The molecule has 1 amide bonds. The molecule has 7 heteroatoms. The highest BCUT2D eigenvalue weighted by Gasteiger charge is 2.31. The summed E-state index contributed by atoms with van der Waals surface area (Å²) in [6.07, 6.45) is 1.52. The van der Waals surface area contributed by atoms with Crippen LogP contribution in [0.15, 0.2) is 27.6 Å². The average molecular weight is 377 g/mol. The number of benzene rings is 1. The van der Waals surface area contributed by atoms with Gasteiger partial charge in [-0.2, -0.15) is 0 Å². The molecule has 0 fully saturated rings. The van der Waals surface area contributed by atoms with Crippen molar-refractivity contribution >= 4 is 37.4 Å². The third-order valence-corrected chi connectivity index (χ3v) is 6.07. The van der Waals surface area contributed by atoms with E-state index in [1.54, 1.807) is 6.07 Å². The van der Waals surface area contributed by atoms with E-state index >= 15 is 0 Å². The minimum absolute atomic E-state index is 0.0158. The Labute approximate surface area is 134 Å². The third kappa shape index (κ3) is 4.20. The summed E-state index contributed by atoms with van der Waals surface area (Å²) in [7, 11) is -3.81. The maximum absolute atomic E-state index is 12.5. The van der Waals surface area contributed by atoms with E-state index < -0.39 is 21.0 Å². The predicted molar refractivity (Wildman–Crippen MR) is 87.7 cm³/mol. The first-order valence-corrected chi connectivity index (χ1v) is 9.17. The van der Waals surface area contributed by atoms with E-state index in [0.717, 1.165) is 12.8 Å². The van der Waals surface area contributed by atoms with Gasteiger partial charge in [-0.25, -0.2) is 8.42 Å². The zero-order valence-electron chi connectivity index (χ0n) is 12.4. The summed E-state index contributed by atoms with van der Waals surface area (Å²) in [5, 5.41) is 1.58. The Morgan fingerprint density at radius 2 is 1.90 bits per heavy atom. The molecule has 1 unspecified atom stereocenters. The average Bonchev–Trinajstić information content (AvgIpc) is 2.43. The van der Waals surface area contributed by atoms with E-state index in [2.05, 4.69) is 21.2 Å². The molecule has 3 N–H and O–H groups in total. The summed E-state index contributed by atoms with van der Waals surface area (Å²) in [4.78, 5) is 12.1. The van der Waals surface area contributed by atoms with Crippen LogP contribution in [-0.2, 0) is 14.6 Å². The Kier molecular flexibility index (Phi) is 6.22. The van der Waals surface area contributed by atoms with Crippen LogP contribution in [0.4, 0.5) is 5.69 Å². The lowest BCUT2D eigenvalue weighted by molar-refractivity contribution is -0.121. The summed E-state index contributed by atoms with van der Waals surface area (Å²) in [6.45, 7) is 5.27. The number of nitrogen functional groups attached to an aromatic ring is 1. The molecule has 0 aliphatic heterocycles. The van der Waals surface area contributed by atoms with Crippen LogP contribution in [0, 0.1) is 0 Å². The van der Waals surface area contributed by atoms with Gasteiger partial charge in [-0.3, -0.25) is 4.79 Å². The molecular formula is C14H21BrN2O3S. The van der Waals surface area contributed by atoms with E-state index in [1.165, 1.54) is 19.1 Å². The number of halogens is 1. The lowest BCUT2D eigenvalue weighted by atomic mass is 10.2. The number of sulfone groups is 1. The Hall–Kier alpha value is -1.08. The standard InChI is InChI=1S/C14H21BrN2O3S/c1-4-11(5-2)17-14(18)9(3)21(19,20)13-7-6-10(15)8-12(13)16/h6-9,11H,4-5,16H2,1-3H3,(H,17,18). The molecule has 21 heavy (non-hydrogen) atoms. The third-order valence-electron chi connectivity index (χ3n) is 3.45. The van der Waals surface area contributed by atoms with Crippen LogP contribution in [0.2, 0.25) is 0 Å². The van der Waals surface area contributed by atoms with Gasteiger partial charge in [0.1, 0.15) is 5.25 Å². The molecule has 5 nitrogen and oxygen atoms in total. The number of anilines is 1. The molecule has 1 aromatic carbocycles. The lowest BCUT2D eigenvalue weighted by Crippen LogP contribution is -2.43. The molecule has 0 heterocycles. The van der Waals surface area contributed by atoms with Crippen LogP contribution in [-0.4, -0.2) is 25.6 Å². The number of nitrogens with two attached hydrogens (primary N) is 1. The second kappa shape index (κ2) is 7.26. The summed E-state index contributed by atoms with van der Waals surface area (Å²) in [6, 6.07) is 4.50. The van der Waals surface area contributed by atoms with Gasteiger partial charge < -0.3 is 11.1 Å². The fourth-order valence-electron chi connectivity index (χ4n) is 1.92. The molecule has 0 aromatic heterocycles. The lowest BCUT2D eigenvalue weighted by Gasteiger charge is -2.19. The van der Waals surface area contributed by atoms with Gasteiger partial charge in [-0.1, -0.05) is 29.8 Å². The van der Waals surface area contributed by atoms with Gasteiger partial charge >= 0.3 is 0 Å². The van der Waals surface area contributed by atoms with Crippen molar-refractivity contribution in [1.29, 1.82) is 0 Å². The number of carbonyl (C=O) groups excluding carboxylic acids is 1. The van der Waals surface area contributed by atoms with Gasteiger partial charge in [0.05, 0.1) is 10.6 Å². The van der Waals surface area contributed by atoms with Crippen LogP contribution >= 0.6 is 15.9 Å². The van der Waals surface area contributed by atoms with E-state index in [0.29, 0.717) is 4.47 Å². The summed E-state index contributed by atoms with van der Waals surface area (Å²) < 4.78 is 25.7. The first-order chi connectivity index (χ1) is 9.73. The molecule has 0 spiro atoms. The van der Waals surface area contributed by atoms with Gasteiger partial charge in [0.15, 0.2) is 9.84 Å². The molecule has 0 aliphatic carbocycles. The van der Waals surface area contributed by atoms with Crippen molar-refractivity contribution in [2.24, 2.45) is 0 Å². The molecule has 0 aliphatic rings. The quantitative estimate of drug-likeness (QED) is 0.746. The van der Waals surface area contributed by atoms with Crippen LogP contribution in [0.25, 0.3) is 0 Å². The summed E-state index contributed by atoms with van der Waals surface area (Å²) in [5.41, 5.74) is 5.89. The first-order valence-electron chi connectivity index (χ1n) is 6.83. The Bertz CT molecular complexity index is 613. The van der Waals surface area contributed by atoms with Crippen molar-refractivity contribution < 1.29 is 13.2 Å². The molecule has 1 aromatic rings. The number of hydrogen-bond donors (Lipinski definition) is 2. The molecule has 118 valence electrons. The minimum atomic E-state index is -3.81. The molecule has 1 rings (SSSR count). The molecular weight excluding hydrogens is 356 g/mol. The van der Waals surface area contributed by atoms with Crippen LogP contribution < -0.4 is 11.1 Å². The zero-order chi connectivity index (χ0) is 16.2. The molecule has 1 atom stereocenters. The van der Waals surface area contributed by atoms with E-state index in [4.69, 9.17) is 5.73 Å². The minimum Gasteiger partial charge on any atom is -0.398 e. The number of amides is 1. The Balaban J connectivity index is 3.04. The van der Waals surface area contributed by atoms with Gasteiger partial charge in [-0.15, -0.1) is 0 Å². The Morgan fingerprint density at radius 1 is 1.33 bits per heavy atom. The molecule has 0 bridgehead atoms. The molecule has 0 saturated carbocycles. The number of carbonyl (C=O) groups is 1. The second-order valence-electron chi connectivity index (χ2n) is 4.89. The summed E-state index contributed by atoms with van der Waals surface area (Å²) >= 11 is 3.23. The van der Waals surface area contributed by atoms with E-state index in [9.17, 15) is 13.2 Å². The van der Waals surface area contributed by atoms with Crippen molar-refractivity contribution in [2.75, 3.05) is 5.73 Å². The SMILES string of the molecule is CCC(CC)NC(=O)C(C)S(=O)(=O)c1ccc(Br)cc1N. The maximum Gasteiger partial charge on any atom is 0.238 e. The van der Waals surface area contributed by atoms with Gasteiger partial charge in [0.2, 0.25) is 5.91 Å². The van der Waals surface area contributed by atoms with Crippen LogP contribution in [0.3, 0.4) is 0 Å². The highest BCUT2D eigenvalue weighted by atomic mass is 79.9. The summed E-state index contributed by atoms with van der Waals surface area (Å²) in [5.74, 6) is -0.494. The largest absolute Gasteiger partial charge is 0.398 e. The molecule has 0 radical (unpaired) electrons. The molecule has 0 saturated heterocycles. The zero-order valence-corrected chi connectivity index (χ0v) is 14.8. The van der Waals surface area contributed by atoms with Crippen LogP contribution in [0.1, 0.15) is 33.6 Å². The van der Waals surface area contributed by atoms with E-state index in [1.807, 2.05) is 13.8 Å². The normalized spacial score (nSPS) is 13.2. The monoisotopic (exact) mass is 376 g/mol. The van der Waals surface area contributed by atoms with Gasteiger partial charge in [0.25, 0.3) is 0 Å². The number of rotatable bonds is 6. The topological polar surface area (TPSA) is 89.3 Å². The Morgan fingerprint density at radius 3 is 2.38 bits per heavy atom. The maximum atomic E-state index is 12.5.